The second kappa shape index (κ2) is 4.95. The van der Waals surface area contributed by atoms with Crippen LogP contribution in [0, 0.1) is 6.92 Å². The Bertz CT molecular complexity index is 344. The van der Waals surface area contributed by atoms with Gasteiger partial charge in [0.15, 0.2) is 0 Å². The van der Waals surface area contributed by atoms with Gasteiger partial charge in [-0.15, -0.1) is 0 Å². The number of imidazole rings is 1. The van der Waals surface area contributed by atoms with E-state index in [2.05, 4.69) is 16.8 Å². The van der Waals surface area contributed by atoms with Gasteiger partial charge in [-0.05, 0) is 6.92 Å². The molecule has 1 aromatic heterocycles. The maximum Gasteiger partial charge on any atom is 0.0949 e. The summed E-state index contributed by atoms with van der Waals surface area (Å²) in [7, 11) is 2.01. The molecule has 0 bridgehead atoms. The summed E-state index contributed by atoms with van der Waals surface area (Å²) in [5, 5.41) is 0. The fraction of sp³-hybridized carbons (Fsp3) is 0.727. The van der Waals surface area contributed by atoms with Crippen molar-refractivity contribution in [2.24, 2.45) is 12.8 Å². The van der Waals surface area contributed by atoms with Crippen molar-refractivity contribution in [2.75, 3.05) is 32.8 Å². The molecule has 2 N–H and O–H groups in total. The minimum Gasteiger partial charge on any atom is -0.379 e. The van der Waals surface area contributed by atoms with E-state index in [0.717, 1.165) is 32.0 Å². The first kappa shape index (κ1) is 11.6. The van der Waals surface area contributed by atoms with Crippen molar-refractivity contribution < 1.29 is 4.74 Å². The topological polar surface area (TPSA) is 56.3 Å². The Kier molecular flexibility index (Phi) is 3.58. The molecule has 1 unspecified atom stereocenters. The molecule has 1 fully saturated rings. The maximum atomic E-state index is 5.88. The minimum absolute atomic E-state index is 0.227. The van der Waals surface area contributed by atoms with Crippen LogP contribution in [-0.4, -0.2) is 47.3 Å². The van der Waals surface area contributed by atoms with Gasteiger partial charge >= 0.3 is 0 Å². The van der Waals surface area contributed by atoms with Gasteiger partial charge in [-0.3, -0.25) is 4.90 Å². The van der Waals surface area contributed by atoms with Gasteiger partial charge in [0.05, 0.1) is 31.3 Å². The molecule has 2 rings (SSSR count). The molecule has 1 aliphatic heterocycles. The van der Waals surface area contributed by atoms with Crippen molar-refractivity contribution in [3.8, 4) is 0 Å². The van der Waals surface area contributed by atoms with Crippen molar-refractivity contribution in [3.05, 3.63) is 17.7 Å². The number of rotatable bonds is 3. The number of aromatic nitrogens is 2. The van der Waals surface area contributed by atoms with Crippen LogP contribution in [0.5, 0.6) is 0 Å². The van der Waals surface area contributed by atoms with Crippen LogP contribution in [-0.2, 0) is 11.8 Å². The first-order valence-corrected chi connectivity index (χ1v) is 5.73. The zero-order chi connectivity index (χ0) is 11.5. The first-order chi connectivity index (χ1) is 7.74. The maximum absolute atomic E-state index is 5.88. The van der Waals surface area contributed by atoms with E-state index in [4.69, 9.17) is 10.5 Å². The molecule has 1 saturated heterocycles. The minimum atomic E-state index is 0.227. The van der Waals surface area contributed by atoms with E-state index >= 15 is 0 Å². The largest absolute Gasteiger partial charge is 0.379 e. The lowest BCUT2D eigenvalue weighted by atomic mass is 10.1. The van der Waals surface area contributed by atoms with Crippen LogP contribution in [0.4, 0.5) is 0 Å². The van der Waals surface area contributed by atoms with Crippen LogP contribution in [0.3, 0.4) is 0 Å². The SMILES string of the molecule is Cc1c(C(CN)N2CCOCC2)ncn1C. The summed E-state index contributed by atoms with van der Waals surface area (Å²) < 4.78 is 7.40. The molecule has 2 heterocycles. The third-order valence-electron chi connectivity index (χ3n) is 3.30. The van der Waals surface area contributed by atoms with Gasteiger partial charge in [-0.1, -0.05) is 0 Å². The third-order valence-corrected chi connectivity index (χ3v) is 3.30. The summed E-state index contributed by atoms with van der Waals surface area (Å²) in [6.45, 7) is 6.17. The van der Waals surface area contributed by atoms with Gasteiger partial charge in [-0.25, -0.2) is 4.98 Å². The van der Waals surface area contributed by atoms with Crippen LogP contribution < -0.4 is 5.73 Å². The van der Waals surface area contributed by atoms with E-state index in [1.807, 2.05) is 17.9 Å². The normalized spacial score (nSPS) is 19.9. The predicted molar refractivity (Wildman–Crippen MR) is 62.1 cm³/mol. The summed E-state index contributed by atoms with van der Waals surface area (Å²) in [6.07, 6.45) is 1.85. The van der Waals surface area contributed by atoms with Crippen LogP contribution in [0.15, 0.2) is 6.33 Å². The zero-order valence-electron chi connectivity index (χ0n) is 10.0. The van der Waals surface area contributed by atoms with Crippen molar-refractivity contribution in [1.29, 1.82) is 0 Å². The van der Waals surface area contributed by atoms with Crippen LogP contribution >= 0.6 is 0 Å². The Balaban J connectivity index is 2.18. The number of hydrogen-bond acceptors (Lipinski definition) is 4. The van der Waals surface area contributed by atoms with E-state index in [-0.39, 0.29) is 6.04 Å². The number of ether oxygens (including phenoxy) is 1. The summed E-state index contributed by atoms with van der Waals surface area (Å²) in [5.41, 5.74) is 8.18. The Morgan fingerprint density at radius 3 is 2.69 bits per heavy atom. The van der Waals surface area contributed by atoms with Crippen LogP contribution in [0.2, 0.25) is 0 Å². The first-order valence-electron chi connectivity index (χ1n) is 5.73. The summed E-state index contributed by atoms with van der Waals surface area (Å²) in [5.74, 6) is 0. The van der Waals surface area contributed by atoms with Gasteiger partial charge in [0.25, 0.3) is 0 Å². The van der Waals surface area contributed by atoms with Gasteiger partial charge in [0.1, 0.15) is 0 Å². The summed E-state index contributed by atoms with van der Waals surface area (Å²) in [4.78, 5) is 6.82. The second-order valence-electron chi connectivity index (χ2n) is 4.23. The number of morpholine rings is 1. The van der Waals surface area contributed by atoms with Gasteiger partial charge in [0, 0.05) is 32.4 Å². The predicted octanol–water partition coefficient (Wildman–Crippen LogP) is 0.0605. The molecule has 0 saturated carbocycles. The van der Waals surface area contributed by atoms with Crippen LogP contribution in [0.25, 0.3) is 0 Å². The van der Waals surface area contributed by atoms with Gasteiger partial charge in [-0.2, -0.15) is 0 Å². The highest BCUT2D eigenvalue weighted by Gasteiger charge is 2.24. The van der Waals surface area contributed by atoms with Gasteiger partial charge in [0.2, 0.25) is 0 Å². The highest BCUT2D eigenvalue weighted by atomic mass is 16.5. The molecule has 0 aromatic carbocycles. The molecule has 1 atom stereocenters. The van der Waals surface area contributed by atoms with Crippen molar-refractivity contribution in [3.63, 3.8) is 0 Å². The standard InChI is InChI=1S/C11H20N4O/c1-9-11(13-8-14(9)2)10(7-12)15-3-5-16-6-4-15/h8,10H,3-7,12H2,1-2H3. The van der Waals surface area contributed by atoms with Gasteiger partial charge < -0.3 is 15.0 Å². The van der Waals surface area contributed by atoms with E-state index < -0.39 is 0 Å². The summed E-state index contributed by atoms with van der Waals surface area (Å²) >= 11 is 0. The van der Waals surface area contributed by atoms with E-state index in [9.17, 15) is 0 Å². The fourth-order valence-electron chi connectivity index (χ4n) is 2.16. The Labute approximate surface area is 96.2 Å². The molecule has 0 amide bonds. The lowest BCUT2D eigenvalue weighted by Crippen LogP contribution is -2.42. The molecule has 0 aliphatic carbocycles. The molecule has 5 heteroatoms. The van der Waals surface area contributed by atoms with Crippen molar-refractivity contribution >= 4 is 0 Å². The second-order valence-corrected chi connectivity index (χ2v) is 4.23. The van der Waals surface area contributed by atoms with E-state index in [1.54, 1.807) is 0 Å². The lowest BCUT2D eigenvalue weighted by Gasteiger charge is -2.33. The average molecular weight is 224 g/mol. The molecule has 90 valence electrons. The smallest absolute Gasteiger partial charge is 0.0949 e. The molecule has 0 radical (unpaired) electrons. The molecule has 0 spiro atoms. The van der Waals surface area contributed by atoms with E-state index in [1.165, 1.54) is 5.69 Å². The fourth-order valence-corrected chi connectivity index (χ4v) is 2.16. The Morgan fingerprint density at radius 2 is 2.19 bits per heavy atom. The molecule has 1 aromatic rings. The Hall–Kier alpha value is -0.910. The quantitative estimate of drug-likeness (QED) is 0.789. The number of nitrogens with zero attached hydrogens (tertiary/aromatic N) is 3. The Morgan fingerprint density at radius 1 is 1.50 bits per heavy atom. The molecule has 1 aliphatic rings. The lowest BCUT2D eigenvalue weighted by molar-refractivity contribution is 0.0170. The average Bonchev–Trinajstić information content (AvgIpc) is 2.64. The highest BCUT2D eigenvalue weighted by Crippen LogP contribution is 2.21. The molecular formula is C11H20N4O. The van der Waals surface area contributed by atoms with Crippen molar-refractivity contribution in [1.82, 2.24) is 14.5 Å². The molecule has 16 heavy (non-hydrogen) atoms. The number of nitrogens with two attached hydrogens (primary N) is 1. The van der Waals surface area contributed by atoms with E-state index in [0.29, 0.717) is 6.54 Å². The zero-order valence-corrected chi connectivity index (χ0v) is 10.0. The van der Waals surface area contributed by atoms with Crippen LogP contribution in [0.1, 0.15) is 17.4 Å². The summed E-state index contributed by atoms with van der Waals surface area (Å²) in [6, 6.07) is 0.227. The third kappa shape index (κ3) is 2.11. The van der Waals surface area contributed by atoms with Crippen molar-refractivity contribution in [2.45, 2.75) is 13.0 Å². The number of aryl methyl sites for hydroxylation is 1. The number of hydrogen-bond donors (Lipinski definition) is 1. The molecular weight excluding hydrogens is 204 g/mol. The molecule has 5 nitrogen and oxygen atoms in total. The highest BCUT2D eigenvalue weighted by molar-refractivity contribution is 5.16. The monoisotopic (exact) mass is 224 g/mol.